The third-order valence-corrected chi connectivity index (χ3v) is 9.29. The van der Waals surface area contributed by atoms with Gasteiger partial charge in [-0.2, -0.15) is 0 Å². The predicted molar refractivity (Wildman–Crippen MR) is 96.4 cm³/mol. The molecule has 0 bridgehead atoms. The Morgan fingerprint density at radius 3 is 1.95 bits per heavy atom. The Labute approximate surface area is 141 Å². The van der Waals surface area contributed by atoms with Crippen molar-refractivity contribution in [2.45, 2.75) is 38.9 Å². The average molecular weight is 505 g/mol. The van der Waals surface area contributed by atoms with Gasteiger partial charge in [0.05, 0.1) is 12.1 Å². The molecule has 0 N–H and O–H groups in total. The molecule has 0 aliphatic carbocycles. The van der Waals surface area contributed by atoms with Crippen LogP contribution in [-0.2, 0) is 0 Å². The highest BCUT2D eigenvalue weighted by atomic mass is 127. The molecule has 0 saturated heterocycles. The normalized spacial score (nSPS) is 12.4. The highest BCUT2D eigenvalue weighted by Crippen LogP contribution is 2.40. The van der Waals surface area contributed by atoms with Crippen LogP contribution in [0.4, 0.5) is 5.69 Å². The van der Waals surface area contributed by atoms with Crippen molar-refractivity contribution in [1.29, 1.82) is 0 Å². The molecule has 1 aromatic rings. The summed E-state index contributed by atoms with van der Waals surface area (Å²) in [5.74, 6) is 0.776. The fraction of sp³-hybridized carbons (Fsp3) is 0.500. The summed E-state index contributed by atoms with van der Waals surface area (Å²) in [4.78, 5) is 10.5. The lowest BCUT2D eigenvalue weighted by atomic mass is 10.2. The summed E-state index contributed by atoms with van der Waals surface area (Å²) in [6, 6.07) is 3.12. The first-order valence-electron chi connectivity index (χ1n) is 5.78. The van der Waals surface area contributed by atoms with Crippen molar-refractivity contribution in [2.75, 3.05) is 0 Å². The zero-order chi connectivity index (χ0) is 15.0. The monoisotopic (exact) mass is 505 g/mol. The molecule has 19 heavy (non-hydrogen) atoms. The zero-order valence-electron chi connectivity index (χ0n) is 11.6. The number of nitro benzene ring substituents is 1. The van der Waals surface area contributed by atoms with E-state index in [1.807, 2.05) is 0 Å². The molecule has 1 aromatic carbocycles. The van der Waals surface area contributed by atoms with Gasteiger partial charge in [-0.25, -0.2) is 0 Å². The first-order valence-corrected chi connectivity index (χ1v) is 10.8. The van der Waals surface area contributed by atoms with Crippen LogP contribution in [0.5, 0.6) is 5.75 Å². The Bertz CT molecular complexity index is 489. The minimum absolute atomic E-state index is 0.0981. The van der Waals surface area contributed by atoms with Gasteiger partial charge in [0.1, 0.15) is 5.75 Å². The van der Waals surface area contributed by atoms with E-state index in [4.69, 9.17) is 4.43 Å². The van der Waals surface area contributed by atoms with Crippen LogP contribution in [0.25, 0.3) is 0 Å². The van der Waals surface area contributed by atoms with Gasteiger partial charge in [-0.05, 0) is 63.3 Å². The molecule has 106 valence electrons. The number of hydrogen-bond donors (Lipinski definition) is 0. The SMILES string of the molecule is CC(C)(C)[Si](C)(C)Oc1c(I)cc([N+](=O)[O-])cc1I. The Hall–Kier alpha value is 0.0969. The molecule has 0 aromatic heterocycles. The molecular weight excluding hydrogens is 488 g/mol. The Morgan fingerprint density at radius 1 is 1.21 bits per heavy atom. The zero-order valence-corrected chi connectivity index (χ0v) is 16.9. The minimum Gasteiger partial charge on any atom is -0.542 e. The van der Waals surface area contributed by atoms with Crippen molar-refractivity contribution >= 4 is 59.2 Å². The van der Waals surface area contributed by atoms with E-state index in [0.717, 1.165) is 12.9 Å². The lowest BCUT2D eigenvalue weighted by molar-refractivity contribution is -0.385. The molecule has 0 unspecified atom stereocenters. The van der Waals surface area contributed by atoms with E-state index in [1.54, 1.807) is 12.1 Å². The van der Waals surface area contributed by atoms with Gasteiger partial charge in [-0.1, -0.05) is 20.8 Å². The van der Waals surface area contributed by atoms with Crippen LogP contribution in [0.3, 0.4) is 0 Å². The number of halogens is 2. The van der Waals surface area contributed by atoms with Crippen molar-refractivity contribution in [1.82, 2.24) is 0 Å². The van der Waals surface area contributed by atoms with Crippen molar-refractivity contribution in [3.8, 4) is 5.75 Å². The number of hydrogen-bond acceptors (Lipinski definition) is 3. The molecule has 7 heteroatoms. The second-order valence-electron chi connectivity index (χ2n) is 5.86. The van der Waals surface area contributed by atoms with E-state index in [0.29, 0.717) is 0 Å². The topological polar surface area (TPSA) is 52.4 Å². The third-order valence-electron chi connectivity index (χ3n) is 3.36. The summed E-state index contributed by atoms with van der Waals surface area (Å²) < 4.78 is 7.85. The van der Waals surface area contributed by atoms with Crippen LogP contribution in [0.2, 0.25) is 18.1 Å². The number of non-ortho nitro benzene ring substituents is 1. The van der Waals surface area contributed by atoms with E-state index in [1.165, 1.54) is 0 Å². The van der Waals surface area contributed by atoms with E-state index < -0.39 is 8.32 Å². The molecule has 0 heterocycles. The highest BCUT2D eigenvalue weighted by molar-refractivity contribution is 14.1. The first kappa shape index (κ1) is 17.1. The molecule has 0 saturated carbocycles. The van der Waals surface area contributed by atoms with Crippen molar-refractivity contribution in [3.63, 3.8) is 0 Å². The van der Waals surface area contributed by atoms with Gasteiger partial charge in [0.2, 0.25) is 0 Å². The average Bonchev–Trinajstić information content (AvgIpc) is 2.21. The van der Waals surface area contributed by atoms with Crippen LogP contribution in [0, 0.1) is 17.3 Å². The number of benzene rings is 1. The van der Waals surface area contributed by atoms with E-state index in [2.05, 4.69) is 79.0 Å². The number of nitrogens with zero attached hydrogens (tertiary/aromatic N) is 1. The first-order chi connectivity index (χ1) is 8.45. The number of nitro groups is 1. The highest BCUT2D eigenvalue weighted by Gasteiger charge is 2.39. The summed E-state index contributed by atoms with van der Waals surface area (Å²) in [5.41, 5.74) is 0.108. The molecule has 4 nitrogen and oxygen atoms in total. The smallest absolute Gasteiger partial charge is 0.271 e. The molecule has 0 fully saturated rings. The molecule has 0 amide bonds. The van der Waals surface area contributed by atoms with E-state index >= 15 is 0 Å². The predicted octanol–water partition coefficient (Wildman–Crippen LogP) is 5.19. The maximum Gasteiger partial charge on any atom is 0.271 e. The van der Waals surface area contributed by atoms with Gasteiger partial charge in [-0.15, -0.1) is 0 Å². The second-order valence-corrected chi connectivity index (χ2v) is 12.9. The van der Waals surface area contributed by atoms with Crippen molar-refractivity contribution in [3.05, 3.63) is 29.4 Å². The summed E-state index contributed by atoms with van der Waals surface area (Å²) in [6.07, 6.45) is 0. The van der Waals surface area contributed by atoms with Gasteiger partial charge in [0.15, 0.2) is 0 Å². The van der Waals surface area contributed by atoms with E-state index in [9.17, 15) is 10.1 Å². The molecule has 0 aliphatic rings. The molecule has 0 spiro atoms. The minimum atomic E-state index is -1.93. The van der Waals surface area contributed by atoms with Crippen molar-refractivity contribution in [2.24, 2.45) is 0 Å². The molecule has 0 radical (unpaired) electrons. The third kappa shape index (κ3) is 4.03. The number of rotatable bonds is 3. The maximum atomic E-state index is 10.8. The van der Waals surface area contributed by atoms with Gasteiger partial charge >= 0.3 is 0 Å². The summed E-state index contributed by atoms with van der Waals surface area (Å²) in [5, 5.41) is 10.9. The summed E-state index contributed by atoms with van der Waals surface area (Å²) >= 11 is 4.20. The standard InChI is InChI=1S/C12H17I2NO3Si/c1-12(2,3)19(4,5)18-11-9(13)6-8(15(16)17)7-10(11)14/h6-7H,1-5H3. The summed E-state index contributed by atoms with van der Waals surface area (Å²) in [7, 11) is -1.93. The fourth-order valence-electron chi connectivity index (χ4n) is 1.16. The fourth-order valence-corrected chi connectivity index (χ4v) is 4.57. The lowest BCUT2D eigenvalue weighted by Crippen LogP contribution is -2.44. The maximum absolute atomic E-state index is 10.8. The quantitative estimate of drug-likeness (QED) is 0.246. The molecule has 1 rings (SSSR count). The Balaban J connectivity index is 3.20. The van der Waals surface area contributed by atoms with Crippen LogP contribution in [-0.4, -0.2) is 13.2 Å². The Morgan fingerprint density at radius 2 is 1.63 bits per heavy atom. The second kappa shape index (κ2) is 5.84. The lowest BCUT2D eigenvalue weighted by Gasteiger charge is -2.37. The largest absolute Gasteiger partial charge is 0.542 e. The van der Waals surface area contributed by atoms with E-state index in [-0.39, 0.29) is 15.6 Å². The molecular formula is C12H17I2NO3Si. The van der Waals surface area contributed by atoms with Crippen LogP contribution >= 0.6 is 45.2 Å². The van der Waals surface area contributed by atoms with Crippen LogP contribution in [0.15, 0.2) is 12.1 Å². The Kier molecular flexibility index (Phi) is 5.27. The molecule has 0 atom stereocenters. The summed E-state index contributed by atoms with van der Waals surface area (Å²) in [6.45, 7) is 10.8. The van der Waals surface area contributed by atoms with Crippen LogP contribution < -0.4 is 4.43 Å². The van der Waals surface area contributed by atoms with Gasteiger partial charge < -0.3 is 4.43 Å². The van der Waals surface area contributed by atoms with Gasteiger partial charge in [-0.3, -0.25) is 10.1 Å². The van der Waals surface area contributed by atoms with Crippen molar-refractivity contribution < 1.29 is 9.35 Å². The van der Waals surface area contributed by atoms with Gasteiger partial charge in [0, 0.05) is 12.1 Å². The molecule has 0 aliphatic heterocycles. The van der Waals surface area contributed by atoms with Crippen LogP contribution in [0.1, 0.15) is 20.8 Å². The van der Waals surface area contributed by atoms with Gasteiger partial charge in [0.25, 0.3) is 14.0 Å².